The smallest absolute Gasteiger partial charge is 0.274 e. The Morgan fingerprint density at radius 3 is 2.30 bits per heavy atom. The molecule has 0 fully saturated rings. The van der Waals surface area contributed by atoms with Gasteiger partial charge in [0.2, 0.25) is 0 Å². The van der Waals surface area contributed by atoms with Gasteiger partial charge in [-0.3, -0.25) is 9.59 Å². The van der Waals surface area contributed by atoms with Gasteiger partial charge in [-0.15, -0.1) is 0 Å². The Morgan fingerprint density at radius 2 is 1.67 bits per heavy atom. The molecule has 30 heavy (non-hydrogen) atoms. The Kier molecular flexibility index (Phi) is 6.97. The van der Waals surface area contributed by atoms with Crippen molar-refractivity contribution in [1.29, 1.82) is 0 Å². The number of likely N-dealkylation sites (N-methyl/N-ethyl adjacent to an activating group) is 1. The van der Waals surface area contributed by atoms with E-state index in [4.69, 9.17) is 11.6 Å². The number of rotatable bonds is 7. The van der Waals surface area contributed by atoms with Crippen molar-refractivity contribution in [3.8, 4) is 5.69 Å². The molecular formula is C22H22ClFN4O2. The summed E-state index contributed by atoms with van der Waals surface area (Å²) >= 11 is 5.96. The first-order valence-electron chi connectivity index (χ1n) is 9.38. The van der Waals surface area contributed by atoms with Crippen molar-refractivity contribution < 1.29 is 9.18 Å². The number of benzene rings is 2. The second-order valence-corrected chi connectivity index (χ2v) is 7.54. The lowest BCUT2D eigenvalue weighted by atomic mass is 10.2. The van der Waals surface area contributed by atoms with E-state index in [0.717, 1.165) is 10.2 Å². The maximum absolute atomic E-state index is 13.2. The molecule has 0 aliphatic rings. The van der Waals surface area contributed by atoms with Crippen LogP contribution in [-0.2, 0) is 6.54 Å². The molecule has 0 aliphatic heterocycles. The number of carbonyl (C=O) groups excluding carboxylic acids is 1. The van der Waals surface area contributed by atoms with E-state index in [1.54, 1.807) is 17.0 Å². The average Bonchev–Trinajstić information content (AvgIpc) is 2.73. The first-order chi connectivity index (χ1) is 14.3. The van der Waals surface area contributed by atoms with Crippen molar-refractivity contribution in [3.05, 3.63) is 93.1 Å². The third-order valence-electron chi connectivity index (χ3n) is 4.48. The van der Waals surface area contributed by atoms with Crippen LogP contribution in [0.4, 0.5) is 4.39 Å². The quantitative estimate of drug-likeness (QED) is 0.579. The third kappa shape index (κ3) is 5.52. The molecule has 0 spiro atoms. The number of carbonyl (C=O) groups is 1. The van der Waals surface area contributed by atoms with Crippen LogP contribution in [0, 0.1) is 5.82 Å². The normalized spacial score (nSPS) is 11.0. The summed E-state index contributed by atoms with van der Waals surface area (Å²) in [7, 11) is 3.86. The lowest BCUT2D eigenvalue weighted by molar-refractivity contribution is 0.0724. The van der Waals surface area contributed by atoms with Gasteiger partial charge in [-0.05, 0) is 62.1 Å². The number of hydrogen-bond donors (Lipinski definition) is 0. The molecule has 0 aliphatic carbocycles. The summed E-state index contributed by atoms with van der Waals surface area (Å²) in [6.45, 7) is 1.52. The monoisotopic (exact) mass is 428 g/mol. The fourth-order valence-electron chi connectivity index (χ4n) is 2.84. The predicted octanol–water partition coefficient (Wildman–Crippen LogP) is 3.23. The van der Waals surface area contributed by atoms with Crippen molar-refractivity contribution in [3.63, 3.8) is 0 Å². The zero-order chi connectivity index (χ0) is 21.7. The minimum absolute atomic E-state index is 0.131. The van der Waals surface area contributed by atoms with Gasteiger partial charge in [0.05, 0.1) is 5.69 Å². The molecule has 1 heterocycles. The highest BCUT2D eigenvalue weighted by Crippen LogP contribution is 2.13. The largest absolute Gasteiger partial charge is 0.332 e. The molecule has 0 N–H and O–H groups in total. The van der Waals surface area contributed by atoms with Crippen LogP contribution >= 0.6 is 11.6 Å². The molecule has 6 nitrogen and oxygen atoms in total. The fourth-order valence-corrected chi connectivity index (χ4v) is 2.96. The Morgan fingerprint density at radius 1 is 1.00 bits per heavy atom. The summed E-state index contributed by atoms with van der Waals surface area (Å²) in [6.07, 6.45) is 0. The lowest BCUT2D eigenvalue weighted by Gasteiger charge is -2.24. The van der Waals surface area contributed by atoms with E-state index in [2.05, 4.69) is 5.10 Å². The van der Waals surface area contributed by atoms with Gasteiger partial charge in [0.15, 0.2) is 0 Å². The highest BCUT2D eigenvalue weighted by Gasteiger charge is 2.19. The standard InChI is InChI=1S/C22H22ClFN4O2/c1-26(2)13-14-27(15-16-3-5-17(23)6-4-16)22(30)20-11-12-21(29)28(25-20)19-9-7-18(24)8-10-19/h3-12H,13-15H2,1-2H3. The Hall–Kier alpha value is -3.03. The summed E-state index contributed by atoms with van der Waals surface area (Å²) < 4.78 is 14.3. The molecule has 2 aromatic carbocycles. The molecule has 0 bridgehead atoms. The zero-order valence-electron chi connectivity index (χ0n) is 16.8. The van der Waals surface area contributed by atoms with Crippen LogP contribution in [0.1, 0.15) is 16.1 Å². The van der Waals surface area contributed by atoms with Gasteiger partial charge in [0, 0.05) is 30.7 Å². The van der Waals surface area contributed by atoms with E-state index >= 15 is 0 Å². The summed E-state index contributed by atoms with van der Waals surface area (Å²) in [5.74, 6) is -0.723. The van der Waals surface area contributed by atoms with E-state index in [1.165, 1.54) is 36.4 Å². The van der Waals surface area contributed by atoms with Crippen LogP contribution in [-0.4, -0.2) is 52.7 Å². The van der Waals surface area contributed by atoms with E-state index < -0.39 is 11.4 Å². The number of amides is 1. The molecule has 0 atom stereocenters. The molecule has 0 saturated heterocycles. The van der Waals surface area contributed by atoms with Crippen molar-refractivity contribution in [2.45, 2.75) is 6.54 Å². The maximum Gasteiger partial charge on any atom is 0.274 e. The highest BCUT2D eigenvalue weighted by atomic mass is 35.5. The molecule has 0 saturated carbocycles. The Labute approximate surface area is 179 Å². The molecule has 156 valence electrons. The van der Waals surface area contributed by atoms with Gasteiger partial charge in [-0.2, -0.15) is 9.78 Å². The molecule has 0 unspecified atom stereocenters. The minimum atomic E-state index is -0.420. The van der Waals surface area contributed by atoms with Gasteiger partial charge in [-0.25, -0.2) is 4.39 Å². The molecule has 1 aromatic heterocycles. The van der Waals surface area contributed by atoms with Gasteiger partial charge in [-0.1, -0.05) is 23.7 Å². The van der Waals surface area contributed by atoms with Crippen LogP contribution in [0.3, 0.4) is 0 Å². The van der Waals surface area contributed by atoms with Gasteiger partial charge >= 0.3 is 0 Å². The van der Waals surface area contributed by atoms with Crippen molar-refractivity contribution in [2.75, 3.05) is 27.2 Å². The Bertz CT molecular complexity index is 1070. The van der Waals surface area contributed by atoms with E-state index in [1.807, 2.05) is 31.1 Å². The second-order valence-electron chi connectivity index (χ2n) is 7.10. The van der Waals surface area contributed by atoms with Gasteiger partial charge in [0.1, 0.15) is 11.5 Å². The topological polar surface area (TPSA) is 58.4 Å². The van der Waals surface area contributed by atoms with Crippen LogP contribution < -0.4 is 5.56 Å². The molecule has 3 aromatic rings. The van der Waals surface area contributed by atoms with Crippen molar-refractivity contribution >= 4 is 17.5 Å². The number of aromatic nitrogens is 2. The number of hydrogen-bond acceptors (Lipinski definition) is 4. The zero-order valence-corrected chi connectivity index (χ0v) is 17.5. The van der Waals surface area contributed by atoms with Gasteiger partial charge in [0.25, 0.3) is 11.5 Å². The number of nitrogens with zero attached hydrogens (tertiary/aromatic N) is 4. The van der Waals surface area contributed by atoms with Gasteiger partial charge < -0.3 is 9.80 Å². The Balaban J connectivity index is 1.91. The summed E-state index contributed by atoms with van der Waals surface area (Å²) in [6, 6.07) is 15.3. The van der Waals surface area contributed by atoms with Crippen LogP contribution in [0.5, 0.6) is 0 Å². The summed E-state index contributed by atoms with van der Waals surface area (Å²) in [5.41, 5.74) is 1.04. The third-order valence-corrected chi connectivity index (χ3v) is 4.73. The average molecular weight is 429 g/mol. The first kappa shape index (κ1) is 21.7. The SMILES string of the molecule is CN(C)CCN(Cc1ccc(Cl)cc1)C(=O)c1ccc(=O)n(-c2ccc(F)cc2)n1. The predicted molar refractivity (Wildman–Crippen MR) is 115 cm³/mol. The fraction of sp³-hybridized carbons (Fsp3) is 0.227. The summed E-state index contributed by atoms with van der Waals surface area (Å²) in [5, 5.41) is 4.85. The van der Waals surface area contributed by atoms with Crippen LogP contribution in [0.2, 0.25) is 5.02 Å². The molecule has 1 amide bonds. The lowest BCUT2D eigenvalue weighted by Crippen LogP contribution is -2.37. The van der Waals surface area contributed by atoms with E-state index in [0.29, 0.717) is 30.3 Å². The second kappa shape index (κ2) is 9.65. The minimum Gasteiger partial charge on any atom is -0.332 e. The first-order valence-corrected chi connectivity index (χ1v) is 9.76. The number of halogens is 2. The molecular weight excluding hydrogens is 407 g/mol. The molecule has 8 heteroatoms. The maximum atomic E-state index is 13.2. The molecule has 0 radical (unpaired) electrons. The van der Waals surface area contributed by atoms with Crippen LogP contribution in [0.15, 0.2) is 65.5 Å². The van der Waals surface area contributed by atoms with Crippen molar-refractivity contribution in [2.24, 2.45) is 0 Å². The van der Waals surface area contributed by atoms with Crippen LogP contribution in [0.25, 0.3) is 5.69 Å². The highest BCUT2D eigenvalue weighted by molar-refractivity contribution is 6.30. The summed E-state index contributed by atoms with van der Waals surface area (Å²) in [4.78, 5) is 29.1. The van der Waals surface area contributed by atoms with Crippen molar-refractivity contribution in [1.82, 2.24) is 19.6 Å². The molecule has 3 rings (SSSR count). The van der Waals surface area contributed by atoms with E-state index in [-0.39, 0.29) is 11.6 Å². The van der Waals surface area contributed by atoms with E-state index in [9.17, 15) is 14.0 Å².